The molecule has 0 bridgehead atoms. The van der Waals surface area contributed by atoms with E-state index in [1.165, 1.54) is 44.1 Å². The quantitative estimate of drug-likeness (QED) is 0.456. The van der Waals surface area contributed by atoms with E-state index in [2.05, 4.69) is 97.0 Å². The van der Waals surface area contributed by atoms with Crippen LogP contribution in [0.25, 0.3) is 0 Å². The Bertz CT molecular complexity index is 905. The summed E-state index contributed by atoms with van der Waals surface area (Å²) in [6, 6.07) is 18.9. The number of hydrogen-bond donors (Lipinski definition) is 0. The molecule has 0 saturated heterocycles. The van der Waals surface area contributed by atoms with Gasteiger partial charge >= 0.3 is 0 Å². The van der Waals surface area contributed by atoms with Gasteiger partial charge in [-0.2, -0.15) is 0 Å². The summed E-state index contributed by atoms with van der Waals surface area (Å²) in [7, 11) is 0. The van der Waals surface area contributed by atoms with Crippen molar-refractivity contribution >= 4 is 0 Å². The van der Waals surface area contributed by atoms with Crippen molar-refractivity contribution in [3.8, 4) is 0 Å². The number of benzene rings is 2. The molecule has 1 saturated carbocycles. The third-order valence-electron chi connectivity index (χ3n) is 9.94. The van der Waals surface area contributed by atoms with E-state index in [-0.39, 0.29) is 0 Å². The van der Waals surface area contributed by atoms with Gasteiger partial charge < -0.3 is 0 Å². The van der Waals surface area contributed by atoms with Crippen molar-refractivity contribution in [3.63, 3.8) is 0 Å². The highest BCUT2D eigenvalue weighted by Gasteiger charge is 2.60. The maximum Gasteiger partial charge on any atom is -0.00386 e. The standard InChI is InChI=1S/C31H44/c1-8-12-26(23-13-10-9-11-14-23)31(7)20-19-30(6)27-21-25(22(2)3)16-15-24(27)17-18-28(30)29(31,4)5/h9-11,13-16,21-22,26,28H,8,12,17-20H2,1-7H3. The summed E-state index contributed by atoms with van der Waals surface area (Å²) >= 11 is 0. The highest BCUT2D eigenvalue weighted by atomic mass is 14.6. The summed E-state index contributed by atoms with van der Waals surface area (Å²) < 4.78 is 0. The molecule has 168 valence electrons. The van der Waals surface area contributed by atoms with Gasteiger partial charge in [-0.1, -0.05) is 103 Å². The third kappa shape index (κ3) is 3.49. The molecule has 0 amide bonds. The Kier molecular flexibility index (Phi) is 5.91. The minimum Gasteiger partial charge on any atom is -0.0654 e. The van der Waals surface area contributed by atoms with Gasteiger partial charge in [0, 0.05) is 0 Å². The summed E-state index contributed by atoms with van der Waals surface area (Å²) in [5.41, 5.74) is 7.28. The van der Waals surface area contributed by atoms with Gasteiger partial charge in [-0.05, 0) is 88.4 Å². The van der Waals surface area contributed by atoms with Gasteiger partial charge in [0.05, 0.1) is 0 Å². The molecule has 1 fully saturated rings. The first-order chi connectivity index (χ1) is 14.6. The molecule has 0 nitrogen and oxygen atoms in total. The van der Waals surface area contributed by atoms with Crippen LogP contribution in [0.1, 0.15) is 115 Å². The Balaban J connectivity index is 1.78. The monoisotopic (exact) mass is 416 g/mol. The highest BCUT2D eigenvalue weighted by molar-refractivity contribution is 5.43. The van der Waals surface area contributed by atoms with E-state index >= 15 is 0 Å². The molecular weight excluding hydrogens is 372 g/mol. The number of rotatable bonds is 5. The lowest BCUT2D eigenvalue weighted by Crippen LogP contribution is -2.57. The van der Waals surface area contributed by atoms with Gasteiger partial charge in [0.2, 0.25) is 0 Å². The summed E-state index contributed by atoms with van der Waals surface area (Å²) in [5, 5.41) is 0. The van der Waals surface area contributed by atoms with Crippen molar-refractivity contribution in [3.05, 3.63) is 70.8 Å². The molecule has 0 spiro atoms. The minimum atomic E-state index is 0.293. The molecular formula is C31H44. The largest absolute Gasteiger partial charge is 0.0654 e. The van der Waals surface area contributed by atoms with E-state index in [1.807, 2.05) is 0 Å². The Morgan fingerprint density at radius 2 is 1.61 bits per heavy atom. The van der Waals surface area contributed by atoms with E-state index < -0.39 is 0 Å². The molecule has 0 aromatic heterocycles. The first-order valence-electron chi connectivity index (χ1n) is 12.8. The molecule has 0 N–H and O–H groups in total. The number of hydrogen-bond acceptors (Lipinski definition) is 0. The van der Waals surface area contributed by atoms with Crippen LogP contribution in [-0.2, 0) is 11.8 Å². The normalized spacial score (nSPS) is 30.5. The SMILES string of the molecule is CCCC(c1ccccc1)C1(C)CCC2(C)c3cc(C(C)C)ccc3CCC2C1(C)C. The van der Waals surface area contributed by atoms with Gasteiger partial charge in [-0.15, -0.1) is 0 Å². The zero-order chi connectivity index (χ0) is 22.4. The average Bonchev–Trinajstić information content (AvgIpc) is 2.75. The topological polar surface area (TPSA) is 0 Å². The number of fused-ring (bicyclic) bond motifs is 3. The van der Waals surface area contributed by atoms with Crippen LogP contribution in [0, 0.1) is 16.7 Å². The lowest BCUT2D eigenvalue weighted by molar-refractivity contribution is -0.0932. The number of aryl methyl sites for hydroxylation is 1. The minimum absolute atomic E-state index is 0.293. The van der Waals surface area contributed by atoms with Crippen LogP contribution in [0.5, 0.6) is 0 Å². The van der Waals surface area contributed by atoms with Crippen LogP contribution in [0.4, 0.5) is 0 Å². The first-order valence-corrected chi connectivity index (χ1v) is 12.8. The third-order valence-corrected chi connectivity index (χ3v) is 9.94. The van der Waals surface area contributed by atoms with Gasteiger partial charge in [0.15, 0.2) is 0 Å². The maximum absolute atomic E-state index is 2.64. The second-order valence-electron chi connectivity index (χ2n) is 12.0. The molecule has 2 aliphatic carbocycles. The predicted molar refractivity (Wildman–Crippen MR) is 135 cm³/mol. The lowest BCUT2D eigenvalue weighted by Gasteiger charge is -2.64. The van der Waals surface area contributed by atoms with Gasteiger partial charge in [0.1, 0.15) is 0 Å². The van der Waals surface area contributed by atoms with Crippen LogP contribution in [-0.4, -0.2) is 0 Å². The zero-order valence-electron chi connectivity index (χ0n) is 21.1. The fourth-order valence-corrected chi connectivity index (χ4v) is 7.67. The molecule has 2 aromatic carbocycles. The van der Waals surface area contributed by atoms with E-state index in [0.717, 1.165) is 5.92 Å². The van der Waals surface area contributed by atoms with Crippen molar-refractivity contribution in [1.29, 1.82) is 0 Å². The maximum atomic E-state index is 2.64. The highest BCUT2D eigenvalue weighted by Crippen LogP contribution is 2.67. The second kappa shape index (κ2) is 8.09. The molecule has 4 unspecified atom stereocenters. The van der Waals surface area contributed by atoms with Crippen LogP contribution < -0.4 is 0 Å². The Morgan fingerprint density at radius 1 is 0.903 bits per heavy atom. The Morgan fingerprint density at radius 3 is 2.26 bits per heavy atom. The first kappa shape index (κ1) is 22.6. The van der Waals surface area contributed by atoms with Crippen molar-refractivity contribution in [2.24, 2.45) is 16.7 Å². The van der Waals surface area contributed by atoms with Crippen LogP contribution >= 0.6 is 0 Å². The Hall–Kier alpha value is -1.56. The fraction of sp³-hybridized carbons (Fsp3) is 0.613. The van der Waals surface area contributed by atoms with Gasteiger partial charge in [-0.3, -0.25) is 0 Å². The zero-order valence-corrected chi connectivity index (χ0v) is 21.1. The van der Waals surface area contributed by atoms with Crippen molar-refractivity contribution in [1.82, 2.24) is 0 Å². The summed E-state index contributed by atoms with van der Waals surface area (Å²) in [5.74, 6) is 1.97. The summed E-state index contributed by atoms with van der Waals surface area (Å²) in [6.07, 6.45) is 7.77. The van der Waals surface area contributed by atoms with E-state index in [9.17, 15) is 0 Å². The summed E-state index contributed by atoms with van der Waals surface area (Å²) in [6.45, 7) is 17.5. The van der Waals surface area contributed by atoms with Crippen LogP contribution in [0.2, 0.25) is 0 Å². The fourth-order valence-electron chi connectivity index (χ4n) is 7.67. The predicted octanol–water partition coefficient (Wildman–Crippen LogP) is 9.04. The average molecular weight is 417 g/mol. The molecule has 0 aliphatic heterocycles. The van der Waals surface area contributed by atoms with Gasteiger partial charge in [0.25, 0.3) is 0 Å². The van der Waals surface area contributed by atoms with Crippen LogP contribution in [0.15, 0.2) is 48.5 Å². The molecule has 2 aromatic rings. The lowest BCUT2D eigenvalue weighted by atomic mass is 9.40. The van der Waals surface area contributed by atoms with E-state index in [0.29, 0.717) is 28.1 Å². The summed E-state index contributed by atoms with van der Waals surface area (Å²) in [4.78, 5) is 0. The molecule has 2 aliphatic rings. The van der Waals surface area contributed by atoms with Crippen LogP contribution in [0.3, 0.4) is 0 Å². The second-order valence-corrected chi connectivity index (χ2v) is 12.0. The van der Waals surface area contributed by atoms with E-state index in [4.69, 9.17) is 0 Å². The smallest absolute Gasteiger partial charge is 0.00386 e. The van der Waals surface area contributed by atoms with E-state index in [1.54, 1.807) is 16.7 Å². The molecule has 4 atom stereocenters. The van der Waals surface area contributed by atoms with Gasteiger partial charge in [-0.25, -0.2) is 0 Å². The molecule has 4 rings (SSSR count). The Labute approximate surface area is 191 Å². The molecule has 0 heterocycles. The molecule has 0 heteroatoms. The van der Waals surface area contributed by atoms with Crippen molar-refractivity contribution in [2.45, 2.75) is 104 Å². The van der Waals surface area contributed by atoms with Crippen molar-refractivity contribution < 1.29 is 0 Å². The molecule has 0 radical (unpaired) electrons. The van der Waals surface area contributed by atoms with Crippen molar-refractivity contribution in [2.75, 3.05) is 0 Å². The molecule has 31 heavy (non-hydrogen) atoms.